The molecule has 0 amide bonds. The number of nitrogens with two attached hydrogens (primary N) is 3. The van der Waals surface area contributed by atoms with Crippen LogP contribution >= 0.6 is 0 Å². The van der Waals surface area contributed by atoms with E-state index in [4.69, 9.17) is 16.6 Å². The maximum absolute atomic E-state index is 11.4. The van der Waals surface area contributed by atoms with Gasteiger partial charge in [0.1, 0.15) is 11.4 Å². The highest BCUT2D eigenvalue weighted by atomic mass is 32.2. The van der Waals surface area contributed by atoms with Gasteiger partial charge in [0.25, 0.3) is 0 Å². The number of benzene rings is 1. The molecule has 1 heterocycles. The van der Waals surface area contributed by atoms with Gasteiger partial charge in [0.05, 0.1) is 10.6 Å². The van der Waals surface area contributed by atoms with Crippen molar-refractivity contribution in [2.24, 2.45) is 26.6 Å². The fourth-order valence-corrected chi connectivity index (χ4v) is 3.87. The van der Waals surface area contributed by atoms with Gasteiger partial charge in [0.15, 0.2) is 0 Å². The molecule has 1 fully saturated rings. The summed E-state index contributed by atoms with van der Waals surface area (Å²) in [5.74, 6) is -0.0466. The summed E-state index contributed by atoms with van der Waals surface area (Å²) in [6.45, 7) is 0. The van der Waals surface area contributed by atoms with Gasteiger partial charge in [-0.2, -0.15) is 4.99 Å². The first-order valence-electron chi connectivity index (χ1n) is 7.58. The first-order chi connectivity index (χ1) is 11.2. The topological polar surface area (TPSA) is 160 Å². The maximum Gasteiger partial charge on any atom is 0.238 e. The third-order valence-corrected chi connectivity index (χ3v) is 5.28. The van der Waals surface area contributed by atoms with Crippen molar-refractivity contribution < 1.29 is 13.5 Å². The van der Waals surface area contributed by atoms with Crippen molar-refractivity contribution >= 4 is 27.6 Å². The highest BCUT2D eigenvalue weighted by Gasteiger charge is 2.43. The molecule has 10 heteroatoms. The Hall–Kier alpha value is -2.33. The molecule has 9 nitrogen and oxygen atoms in total. The van der Waals surface area contributed by atoms with E-state index in [1.807, 2.05) is 0 Å². The molecule has 1 spiro atoms. The minimum atomic E-state index is -3.92. The molecule has 130 valence electrons. The van der Waals surface area contributed by atoms with Crippen LogP contribution in [0, 0.1) is 0 Å². The van der Waals surface area contributed by atoms with Crippen molar-refractivity contribution in [1.29, 1.82) is 0 Å². The molecule has 1 aromatic rings. The molecule has 1 aliphatic carbocycles. The van der Waals surface area contributed by atoms with E-state index in [1.165, 1.54) is 12.1 Å². The molecule has 0 aromatic heterocycles. The Morgan fingerprint density at radius 2 is 1.83 bits per heavy atom. The van der Waals surface area contributed by atoms with Gasteiger partial charge >= 0.3 is 0 Å². The molecule has 0 atom stereocenters. The van der Waals surface area contributed by atoms with Crippen LogP contribution in [0.5, 0.6) is 5.75 Å². The predicted octanol–water partition coefficient (Wildman–Crippen LogP) is 0.149. The molecule has 24 heavy (non-hydrogen) atoms. The van der Waals surface area contributed by atoms with Crippen molar-refractivity contribution in [3.05, 3.63) is 18.2 Å². The predicted molar refractivity (Wildman–Crippen MR) is 91.0 cm³/mol. The van der Waals surface area contributed by atoms with E-state index < -0.39 is 15.7 Å². The fraction of sp³-hybridized carbons (Fsp3) is 0.429. The normalized spacial score (nSPS) is 20.6. The number of phenols is 1. The van der Waals surface area contributed by atoms with E-state index in [0.29, 0.717) is 18.5 Å². The van der Waals surface area contributed by atoms with Crippen LogP contribution in [0.1, 0.15) is 32.1 Å². The second-order valence-electron chi connectivity index (χ2n) is 6.01. The quantitative estimate of drug-likeness (QED) is 0.592. The summed E-state index contributed by atoms with van der Waals surface area (Å²) >= 11 is 0. The third-order valence-electron chi connectivity index (χ3n) is 4.37. The van der Waals surface area contributed by atoms with Crippen LogP contribution in [-0.4, -0.2) is 31.1 Å². The molecule has 0 radical (unpaired) electrons. The van der Waals surface area contributed by atoms with Crippen LogP contribution < -0.4 is 21.5 Å². The SMILES string of the molecule is NC1=NC2(CCCCC2)N(c2ccc(S(N)(=O)=O)cc2O)C(N)=N1. The molecule has 1 aromatic carbocycles. The zero-order chi connectivity index (χ0) is 17.5. The van der Waals surface area contributed by atoms with Gasteiger partial charge in [-0.15, -0.1) is 0 Å². The van der Waals surface area contributed by atoms with Crippen molar-refractivity contribution in [3.63, 3.8) is 0 Å². The Bertz CT molecular complexity index is 827. The van der Waals surface area contributed by atoms with E-state index in [0.717, 1.165) is 25.3 Å². The highest BCUT2D eigenvalue weighted by Crippen LogP contribution is 2.42. The second kappa shape index (κ2) is 5.64. The molecule has 7 N–H and O–H groups in total. The lowest BCUT2D eigenvalue weighted by Gasteiger charge is -2.45. The average Bonchev–Trinajstić information content (AvgIpc) is 2.47. The average molecular weight is 352 g/mol. The van der Waals surface area contributed by atoms with Crippen LogP contribution in [0.4, 0.5) is 5.69 Å². The van der Waals surface area contributed by atoms with Gasteiger partial charge in [-0.1, -0.05) is 6.42 Å². The van der Waals surface area contributed by atoms with Gasteiger partial charge in [-0.05, 0) is 37.8 Å². The monoisotopic (exact) mass is 352 g/mol. The summed E-state index contributed by atoms with van der Waals surface area (Å²) in [6.07, 6.45) is 4.38. The smallest absolute Gasteiger partial charge is 0.238 e. The fourth-order valence-electron chi connectivity index (χ4n) is 3.34. The standard InChI is InChI=1S/C14H20N6O3S/c15-12-18-13(16)20(14(19-12)6-2-1-3-7-14)10-5-4-9(8-11(10)21)24(17,22)23/h4-5,8,21H,1-3,6-7H2,(H2,17,22,23)(H4,15,16,18,19). The van der Waals surface area contributed by atoms with E-state index >= 15 is 0 Å². The number of aliphatic imine (C=N–C) groups is 2. The molecule has 2 aliphatic rings. The summed E-state index contributed by atoms with van der Waals surface area (Å²) in [7, 11) is -3.92. The molecule has 0 unspecified atom stereocenters. The first-order valence-corrected chi connectivity index (χ1v) is 9.13. The van der Waals surface area contributed by atoms with Gasteiger partial charge in [-0.3, -0.25) is 4.90 Å². The molecule has 0 bridgehead atoms. The Kier molecular flexibility index (Phi) is 3.88. The minimum absolute atomic E-state index is 0.103. The summed E-state index contributed by atoms with van der Waals surface area (Å²) in [5.41, 5.74) is 11.5. The van der Waals surface area contributed by atoms with E-state index in [2.05, 4.69) is 9.98 Å². The first kappa shape index (κ1) is 16.5. The van der Waals surface area contributed by atoms with Gasteiger partial charge in [-0.25, -0.2) is 18.5 Å². The summed E-state index contributed by atoms with van der Waals surface area (Å²) < 4.78 is 22.9. The van der Waals surface area contributed by atoms with Gasteiger partial charge in [0, 0.05) is 6.07 Å². The van der Waals surface area contributed by atoms with Crippen molar-refractivity contribution in [2.75, 3.05) is 4.90 Å². The number of hydrogen-bond acceptors (Lipinski definition) is 8. The van der Waals surface area contributed by atoms with Crippen LogP contribution in [0.2, 0.25) is 0 Å². The molecule has 3 rings (SSSR count). The number of nitrogens with zero attached hydrogens (tertiary/aromatic N) is 3. The second-order valence-corrected chi connectivity index (χ2v) is 7.58. The molecule has 1 saturated carbocycles. The largest absolute Gasteiger partial charge is 0.506 e. The third kappa shape index (κ3) is 2.78. The number of anilines is 1. The Balaban J connectivity index is 2.11. The molecular weight excluding hydrogens is 332 g/mol. The number of sulfonamides is 1. The van der Waals surface area contributed by atoms with Crippen molar-refractivity contribution in [1.82, 2.24) is 0 Å². The van der Waals surface area contributed by atoms with E-state index in [1.54, 1.807) is 4.90 Å². The van der Waals surface area contributed by atoms with Gasteiger partial charge in [0.2, 0.25) is 21.9 Å². The lowest BCUT2D eigenvalue weighted by atomic mass is 9.87. The van der Waals surface area contributed by atoms with Crippen LogP contribution in [0.25, 0.3) is 0 Å². The molecule has 1 aliphatic heterocycles. The minimum Gasteiger partial charge on any atom is -0.506 e. The van der Waals surface area contributed by atoms with Crippen LogP contribution in [0.3, 0.4) is 0 Å². The van der Waals surface area contributed by atoms with Crippen molar-refractivity contribution in [2.45, 2.75) is 42.7 Å². The van der Waals surface area contributed by atoms with Crippen LogP contribution in [-0.2, 0) is 10.0 Å². The van der Waals surface area contributed by atoms with E-state index in [9.17, 15) is 13.5 Å². The van der Waals surface area contributed by atoms with Gasteiger partial charge < -0.3 is 16.6 Å². The number of hydrogen-bond donors (Lipinski definition) is 4. The lowest BCUT2D eigenvalue weighted by Crippen LogP contribution is -2.58. The lowest BCUT2D eigenvalue weighted by molar-refractivity contribution is 0.303. The Morgan fingerprint density at radius 1 is 1.17 bits per heavy atom. The summed E-state index contributed by atoms with van der Waals surface area (Å²) in [5, 5.41) is 15.4. The summed E-state index contributed by atoms with van der Waals surface area (Å²) in [4.78, 5) is 9.94. The Morgan fingerprint density at radius 3 is 2.42 bits per heavy atom. The van der Waals surface area contributed by atoms with E-state index in [-0.39, 0.29) is 22.6 Å². The highest BCUT2D eigenvalue weighted by molar-refractivity contribution is 7.89. The number of rotatable bonds is 2. The zero-order valence-corrected chi connectivity index (χ0v) is 13.8. The zero-order valence-electron chi connectivity index (χ0n) is 13.0. The number of aromatic hydroxyl groups is 1. The van der Waals surface area contributed by atoms with Crippen molar-refractivity contribution in [3.8, 4) is 5.75 Å². The Labute approximate surface area is 139 Å². The number of guanidine groups is 2. The van der Waals surface area contributed by atoms with Crippen LogP contribution in [0.15, 0.2) is 33.1 Å². The summed E-state index contributed by atoms with van der Waals surface area (Å²) in [6, 6.07) is 3.86. The number of phenolic OH excluding ortho intramolecular Hbond substituents is 1. The maximum atomic E-state index is 11.4. The number of primary sulfonamides is 1. The molecular formula is C14H20N6O3S. The molecule has 0 saturated heterocycles.